The van der Waals surface area contributed by atoms with Crippen LogP contribution in [0.2, 0.25) is 0 Å². The van der Waals surface area contributed by atoms with E-state index in [2.05, 4.69) is 77.7 Å². The zero-order chi connectivity index (χ0) is 25.9. The second-order valence-corrected chi connectivity index (χ2v) is 10.2. The average molecular weight is 542 g/mol. The van der Waals surface area contributed by atoms with Gasteiger partial charge in [0, 0.05) is 37.2 Å². The summed E-state index contributed by atoms with van der Waals surface area (Å²) in [4.78, 5) is 13.6. The Morgan fingerprint density at radius 3 is 2.56 bits per heavy atom. The molecule has 39 heavy (non-hydrogen) atoms. The molecule has 0 amide bonds. The van der Waals surface area contributed by atoms with E-state index < -0.39 is 5.97 Å². The molecule has 0 saturated carbocycles. The van der Waals surface area contributed by atoms with Crippen LogP contribution in [0.25, 0.3) is 11.1 Å². The predicted octanol–water partition coefficient (Wildman–Crippen LogP) is 6.86. The summed E-state index contributed by atoms with van der Waals surface area (Å²) in [5, 5.41) is 9.11. The van der Waals surface area contributed by atoms with E-state index in [9.17, 15) is 4.79 Å². The van der Waals surface area contributed by atoms with Gasteiger partial charge in [0.1, 0.15) is 18.1 Å². The molecule has 0 spiro atoms. The second kappa shape index (κ2) is 11.9. The molecule has 0 radical (unpaired) electrons. The van der Waals surface area contributed by atoms with Gasteiger partial charge in [-0.2, -0.15) is 0 Å². The highest BCUT2D eigenvalue weighted by molar-refractivity contribution is 5.85. The summed E-state index contributed by atoms with van der Waals surface area (Å²) in [6, 6.07) is 31.8. The molecule has 0 unspecified atom stereocenters. The Kier molecular flexibility index (Phi) is 8.20. The summed E-state index contributed by atoms with van der Waals surface area (Å²) in [5.74, 6) is 0.533. The first-order valence-electron chi connectivity index (χ1n) is 13.2. The third-order valence-electron chi connectivity index (χ3n) is 7.50. The molecule has 0 saturated heterocycles. The smallest absolute Gasteiger partial charge is 0.304 e. The maximum absolute atomic E-state index is 11.1. The highest BCUT2D eigenvalue weighted by Crippen LogP contribution is 2.38. The minimum atomic E-state index is -0.810. The number of hydrogen-bond acceptors (Lipinski definition) is 4. The lowest BCUT2D eigenvalue weighted by atomic mass is 9.94. The van der Waals surface area contributed by atoms with Crippen molar-refractivity contribution in [2.75, 3.05) is 13.2 Å². The van der Waals surface area contributed by atoms with Crippen LogP contribution in [0.5, 0.6) is 11.5 Å². The number of carboxylic acid groups (broad SMARTS) is 1. The number of fused-ring (bicyclic) bond motifs is 2. The molecule has 0 aliphatic carbocycles. The maximum atomic E-state index is 11.1. The number of hydrogen-bond donors (Lipinski definition) is 1. The molecule has 4 aromatic rings. The van der Waals surface area contributed by atoms with E-state index in [1.165, 1.54) is 27.8 Å². The monoisotopic (exact) mass is 541 g/mol. The Labute approximate surface area is 235 Å². The lowest BCUT2D eigenvalue weighted by molar-refractivity contribution is -0.137. The highest BCUT2D eigenvalue weighted by Gasteiger charge is 2.26. The van der Waals surface area contributed by atoms with Crippen molar-refractivity contribution in [1.82, 2.24) is 4.90 Å². The molecular formula is C33H32ClNO4. The molecule has 4 aromatic carbocycles. The van der Waals surface area contributed by atoms with Gasteiger partial charge < -0.3 is 14.6 Å². The molecule has 2 heterocycles. The molecule has 2 aliphatic heterocycles. The van der Waals surface area contributed by atoms with Crippen LogP contribution in [0, 0.1) is 0 Å². The third kappa shape index (κ3) is 6.27. The standard InChI is InChI=1S/C33H31NO4.ClH/c35-33(36)17-29-22-38-32-18-30(11-12-31(29)32)37-21-24-7-4-8-25(15-24)26-9-10-28-20-34(14-13-27(28)16-26)19-23-5-2-1-3-6-23;/h1-12,15-16,18,29H,13-14,17,19-22H2,(H,35,36);1H/t29-;/m1./s1. The van der Waals surface area contributed by atoms with Crippen LogP contribution in [0.1, 0.15) is 40.2 Å². The maximum Gasteiger partial charge on any atom is 0.304 e. The third-order valence-corrected chi connectivity index (χ3v) is 7.50. The number of nitrogens with zero attached hydrogens (tertiary/aromatic N) is 1. The van der Waals surface area contributed by atoms with E-state index in [0.717, 1.165) is 48.7 Å². The average Bonchev–Trinajstić information content (AvgIpc) is 3.33. The number of ether oxygens (including phenoxy) is 2. The Morgan fingerprint density at radius 2 is 1.72 bits per heavy atom. The topological polar surface area (TPSA) is 59.0 Å². The summed E-state index contributed by atoms with van der Waals surface area (Å²) in [6.07, 6.45) is 1.14. The Morgan fingerprint density at radius 1 is 0.897 bits per heavy atom. The van der Waals surface area contributed by atoms with Gasteiger partial charge in [-0.15, -0.1) is 12.4 Å². The second-order valence-electron chi connectivity index (χ2n) is 10.2. The minimum Gasteiger partial charge on any atom is -0.492 e. The van der Waals surface area contributed by atoms with Gasteiger partial charge >= 0.3 is 5.97 Å². The fraction of sp³-hybridized carbons (Fsp3) is 0.242. The summed E-state index contributed by atoms with van der Waals surface area (Å²) in [6.45, 7) is 3.90. The number of halogens is 1. The molecule has 1 N–H and O–H groups in total. The van der Waals surface area contributed by atoms with Gasteiger partial charge in [-0.25, -0.2) is 0 Å². The van der Waals surface area contributed by atoms with Crippen LogP contribution in [0.4, 0.5) is 0 Å². The molecule has 6 rings (SSSR count). The zero-order valence-corrected chi connectivity index (χ0v) is 22.5. The van der Waals surface area contributed by atoms with Crippen molar-refractivity contribution in [2.45, 2.75) is 38.5 Å². The van der Waals surface area contributed by atoms with E-state index in [1.807, 2.05) is 18.2 Å². The van der Waals surface area contributed by atoms with Gasteiger partial charge in [0.25, 0.3) is 0 Å². The van der Waals surface area contributed by atoms with Gasteiger partial charge in [0.05, 0.1) is 13.0 Å². The Hall–Kier alpha value is -3.80. The molecule has 200 valence electrons. The zero-order valence-electron chi connectivity index (χ0n) is 21.7. The highest BCUT2D eigenvalue weighted by atomic mass is 35.5. The first-order chi connectivity index (χ1) is 18.6. The molecule has 1 atom stereocenters. The van der Waals surface area contributed by atoms with Crippen molar-refractivity contribution in [3.8, 4) is 22.6 Å². The largest absolute Gasteiger partial charge is 0.492 e. The van der Waals surface area contributed by atoms with Gasteiger partial charge in [0.15, 0.2) is 0 Å². The van der Waals surface area contributed by atoms with Crippen LogP contribution in [-0.4, -0.2) is 29.1 Å². The molecule has 0 aromatic heterocycles. The fourth-order valence-electron chi connectivity index (χ4n) is 5.50. The van der Waals surface area contributed by atoms with Crippen molar-refractivity contribution >= 4 is 18.4 Å². The molecule has 0 fully saturated rings. The summed E-state index contributed by atoms with van der Waals surface area (Å²) >= 11 is 0. The Bertz CT molecular complexity index is 1460. The summed E-state index contributed by atoms with van der Waals surface area (Å²) < 4.78 is 11.8. The van der Waals surface area contributed by atoms with Crippen LogP contribution < -0.4 is 9.47 Å². The first kappa shape index (κ1) is 26.8. The van der Waals surface area contributed by atoms with Crippen molar-refractivity contribution in [3.63, 3.8) is 0 Å². The quantitative estimate of drug-likeness (QED) is 0.264. The fourth-order valence-corrected chi connectivity index (χ4v) is 5.50. The van der Waals surface area contributed by atoms with Crippen LogP contribution in [0.15, 0.2) is 91.0 Å². The lowest BCUT2D eigenvalue weighted by Gasteiger charge is -2.29. The van der Waals surface area contributed by atoms with Crippen molar-refractivity contribution in [3.05, 3.63) is 119 Å². The van der Waals surface area contributed by atoms with Crippen molar-refractivity contribution < 1.29 is 19.4 Å². The molecular weight excluding hydrogens is 510 g/mol. The van der Waals surface area contributed by atoms with Crippen molar-refractivity contribution in [2.24, 2.45) is 0 Å². The van der Waals surface area contributed by atoms with Gasteiger partial charge in [-0.3, -0.25) is 9.69 Å². The summed E-state index contributed by atoms with van der Waals surface area (Å²) in [5.41, 5.74) is 8.68. The lowest BCUT2D eigenvalue weighted by Crippen LogP contribution is -2.30. The SMILES string of the molecule is Cl.O=C(O)C[C@@H]1COc2cc(OCc3cccc(-c4ccc5c(c4)CCN(Cc4ccccc4)C5)c3)ccc21. The van der Waals surface area contributed by atoms with Crippen LogP contribution >= 0.6 is 12.4 Å². The van der Waals surface area contributed by atoms with Crippen LogP contribution in [-0.2, 0) is 30.9 Å². The van der Waals surface area contributed by atoms with E-state index >= 15 is 0 Å². The molecule has 2 aliphatic rings. The molecule has 5 nitrogen and oxygen atoms in total. The number of rotatable bonds is 8. The van der Waals surface area contributed by atoms with E-state index in [1.54, 1.807) is 0 Å². The van der Waals surface area contributed by atoms with Gasteiger partial charge in [0.2, 0.25) is 0 Å². The van der Waals surface area contributed by atoms with Gasteiger partial charge in [-0.1, -0.05) is 72.8 Å². The number of aliphatic carboxylic acids is 1. The normalized spacial score (nSPS) is 15.9. The summed E-state index contributed by atoms with van der Waals surface area (Å²) in [7, 11) is 0. The van der Waals surface area contributed by atoms with Gasteiger partial charge in [-0.05, 0) is 51.9 Å². The van der Waals surface area contributed by atoms with E-state index in [4.69, 9.17) is 14.6 Å². The minimum absolute atomic E-state index is 0. The molecule has 0 bridgehead atoms. The number of carboxylic acids is 1. The predicted molar refractivity (Wildman–Crippen MR) is 155 cm³/mol. The Balaban J connectivity index is 0.00000308. The number of carbonyl (C=O) groups is 1. The van der Waals surface area contributed by atoms with E-state index in [0.29, 0.717) is 13.2 Å². The van der Waals surface area contributed by atoms with Crippen LogP contribution in [0.3, 0.4) is 0 Å². The van der Waals surface area contributed by atoms with Crippen molar-refractivity contribution in [1.29, 1.82) is 0 Å². The van der Waals surface area contributed by atoms with E-state index in [-0.39, 0.29) is 24.7 Å². The number of benzene rings is 4. The molecule has 6 heteroatoms. The first-order valence-corrected chi connectivity index (χ1v) is 13.2.